The van der Waals surface area contributed by atoms with Crippen molar-refractivity contribution in [3.8, 4) is 0 Å². The van der Waals surface area contributed by atoms with Crippen LogP contribution in [0.15, 0.2) is 30.3 Å². The second-order valence-electron chi connectivity index (χ2n) is 14.4. The monoisotopic (exact) mass is 737 g/mol. The maximum atomic E-state index is 13.5. The van der Waals surface area contributed by atoms with Crippen molar-refractivity contribution in [1.82, 2.24) is 20.2 Å². The second-order valence-corrected chi connectivity index (χ2v) is 14.4. The number of benzene rings is 1. The molecule has 4 rings (SSSR count). The van der Waals surface area contributed by atoms with E-state index in [0.717, 1.165) is 5.92 Å². The highest BCUT2D eigenvalue weighted by Gasteiger charge is 2.94. The van der Waals surface area contributed by atoms with Crippen LogP contribution in [-0.4, -0.2) is 145 Å². The Morgan fingerprint density at radius 2 is 1.39 bits per heavy atom. The summed E-state index contributed by atoms with van der Waals surface area (Å²) in [5.41, 5.74) is 4.70. The van der Waals surface area contributed by atoms with Gasteiger partial charge in [0, 0.05) is 25.2 Å². The van der Waals surface area contributed by atoms with Crippen LogP contribution in [0.2, 0.25) is 0 Å². The molecule has 0 bridgehead atoms. The molecule has 0 spiro atoms. The zero-order chi connectivity index (χ0) is 39.7. The molecule has 296 valence electrons. The third-order valence-electron chi connectivity index (χ3n) is 10.8. The summed E-state index contributed by atoms with van der Waals surface area (Å²) in [6, 6.07) is 12.9. The van der Waals surface area contributed by atoms with Crippen LogP contribution in [0.1, 0.15) is 80.2 Å². The topological polar surface area (TPSA) is 247 Å². The van der Waals surface area contributed by atoms with Crippen LogP contribution in [0.3, 0.4) is 0 Å². The lowest BCUT2D eigenvalue weighted by Crippen LogP contribution is -2.95. The van der Waals surface area contributed by atoms with Crippen molar-refractivity contribution in [2.45, 2.75) is 146 Å². The van der Waals surface area contributed by atoms with Gasteiger partial charge >= 0.3 is 5.92 Å². The van der Waals surface area contributed by atoms with Gasteiger partial charge in [-0.1, -0.05) is 65.0 Å². The number of nitrogens with one attached hydrogen (secondary N) is 1. The summed E-state index contributed by atoms with van der Waals surface area (Å²) < 4.78 is 26.9. The third-order valence-corrected chi connectivity index (χ3v) is 10.8. The molecular formula is C34H61F2N5O10. The summed E-state index contributed by atoms with van der Waals surface area (Å²) in [5.74, 6) is -27.9. The minimum absolute atomic E-state index is 0.438. The second kappa shape index (κ2) is 16.2. The largest absolute Gasteiger partial charge is 0.371 e. The number of amides is 1. The Bertz CT molecular complexity index is 1260. The van der Waals surface area contributed by atoms with Gasteiger partial charge in [-0.05, 0) is 70.4 Å². The summed E-state index contributed by atoms with van der Waals surface area (Å²) in [4.78, 5) is 16.5. The van der Waals surface area contributed by atoms with Crippen molar-refractivity contribution in [2.24, 2.45) is 17.6 Å². The maximum absolute atomic E-state index is 13.5. The Balaban J connectivity index is 0.000000360. The van der Waals surface area contributed by atoms with Gasteiger partial charge in [0.05, 0.1) is 12.3 Å². The van der Waals surface area contributed by atoms with Crippen LogP contribution >= 0.6 is 0 Å². The number of hydrogen-bond donors (Lipinski definition) is 11. The standard InChI is InChI=1S/C25H44N4.C7H11F2NO10.C2H6/c1-18(2)25-26-27(7)22(6)29(25)20(4)17-24-16-19(3)21(5)28(24)15-11-14-23-12-9-8-10-13-23;8-3(9)6(17,18)4(13,14)2(12,1(10)11)5(15,16)7(3,19)20;1-2/h8-10,12-13,18-22,24-26H,11,14-17H2,1-7H3;12-20H,(H2,10,11);1-2H3. The van der Waals surface area contributed by atoms with Crippen LogP contribution in [0.25, 0.3) is 0 Å². The van der Waals surface area contributed by atoms with Gasteiger partial charge in [-0.25, -0.2) is 10.4 Å². The lowest BCUT2D eigenvalue weighted by molar-refractivity contribution is -0.581. The number of nitrogens with two attached hydrogens (primary N) is 1. The molecule has 6 unspecified atom stereocenters. The SMILES string of the molecule is CC.CC(C)C1NN(C)C(C)N1C(C)CC1CC(C)C(C)N1CCCc1ccccc1.NC(=O)C1(O)C(O)(O)C(O)(O)C(F)(F)C(O)(O)C1(O)O. The van der Waals surface area contributed by atoms with Gasteiger partial charge in [-0.2, -0.15) is 8.78 Å². The summed E-state index contributed by atoms with van der Waals surface area (Å²) in [6.07, 6.45) is 5.93. The summed E-state index contributed by atoms with van der Waals surface area (Å²) in [6.45, 7) is 19.6. The molecule has 51 heavy (non-hydrogen) atoms. The highest BCUT2D eigenvalue weighted by atomic mass is 19.3. The van der Waals surface area contributed by atoms with Gasteiger partial charge in [0.1, 0.15) is 0 Å². The first-order valence-electron chi connectivity index (χ1n) is 17.5. The molecule has 2 aliphatic heterocycles. The number of primary amides is 1. The zero-order valence-electron chi connectivity index (χ0n) is 31.1. The first-order valence-corrected chi connectivity index (χ1v) is 17.5. The molecule has 1 saturated carbocycles. The number of aryl methyl sites for hydroxylation is 1. The number of likely N-dealkylation sites (tertiary alicyclic amines) is 1. The van der Waals surface area contributed by atoms with Crippen molar-refractivity contribution < 1.29 is 59.5 Å². The number of carbonyl (C=O) groups is 1. The molecular weight excluding hydrogens is 676 g/mol. The van der Waals surface area contributed by atoms with Crippen LogP contribution in [0.4, 0.5) is 8.78 Å². The van der Waals surface area contributed by atoms with Gasteiger partial charge in [-0.15, -0.1) is 0 Å². The van der Waals surface area contributed by atoms with Crippen molar-refractivity contribution in [2.75, 3.05) is 13.6 Å². The molecule has 15 nitrogen and oxygen atoms in total. The average Bonchev–Trinajstić information content (AvgIpc) is 3.50. The lowest BCUT2D eigenvalue weighted by Gasteiger charge is -2.59. The molecule has 12 N–H and O–H groups in total. The van der Waals surface area contributed by atoms with Gasteiger partial charge < -0.3 is 51.7 Å². The van der Waals surface area contributed by atoms with E-state index in [1.54, 1.807) is 0 Å². The van der Waals surface area contributed by atoms with E-state index in [1.165, 1.54) is 37.8 Å². The van der Waals surface area contributed by atoms with E-state index in [4.69, 9.17) is 20.4 Å². The van der Waals surface area contributed by atoms with Crippen molar-refractivity contribution >= 4 is 5.91 Å². The van der Waals surface area contributed by atoms with Gasteiger partial charge in [0.2, 0.25) is 0 Å². The van der Waals surface area contributed by atoms with Crippen molar-refractivity contribution in [3.63, 3.8) is 0 Å². The van der Waals surface area contributed by atoms with Crippen LogP contribution in [0.5, 0.6) is 0 Å². The Hall–Kier alpha value is -1.97. The Morgan fingerprint density at radius 3 is 1.84 bits per heavy atom. The number of aliphatic hydroxyl groups is 9. The average molecular weight is 738 g/mol. The van der Waals surface area contributed by atoms with Crippen molar-refractivity contribution in [1.29, 1.82) is 0 Å². The van der Waals surface area contributed by atoms with E-state index in [2.05, 4.69) is 105 Å². The fraction of sp³-hybridized carbons (Fsp3) is 0.794. The van der Waals surface area contributed by atoms with E-state index in [9.17, 15) is 39.1 Å². The summed E-state index contributed by atoms with van der Waals surface area (Å²) in [5, 5.41) is 84.4. The predicted octanol–water partition coefficient (Wildman–Crippen LogP) is -0.822. The van der Waals surface area contributed by atoms with E-state index < -0.39 is 40.6 Å². The first kappa shape index (κ1) is 45.2. The van der Waals surface area contributed by atoms with Crippen LogP contribution < -0.4 is 11.2 Å². The molecule has 1 aromatic rings. The molecule has 0 aromatic heterocycles. The van der Waals surface area contributed by atoms with Gasteiger partial charge in [0.15, 0.2) is 0 Å². The predicted molar refractivity (Wildman–Crippen MR) is 183 cm³/mol. The van der Waals surface area contributed by atoms with Crippen LogP contribution in [0, 0.1) is 11.8 Å². The molecule has 17 heteroatoms. The Labute approximate surface area is 298 Å². The molecule has 1 aromatic carbocycles. The molecule has 3 aliphatic rings. The number of rotatable bonds is 9. The summed E-state index contributed by atoms with van der Waals surface area (Å²) >= 11 is 0. The van der Waals surface area contributed by atoms with Gasteiger partial charge in [-0.3, -0.25) is 14.6 Å². The fourth-order valence-corrected chi connectivity index (χ4v) is 7.39. The number of hydrogen-bond acceptors (Lipinski definition) is 14. The first-order chi connectivity index (χ1) is 23.2. The molecule has 2 heterocycles. The molecule has 3 fully saturated rings. The Morgan fingerprint density at radius 1 is 0.902 bits per heavy atom. The molecule has 2 saturated heterocycles. The fourth-order valence-electron chi connectivity index (χ4n) is 7.39. The minimum Gasteiger partial charge on any atom is -0.371 e. The number of alkyl halides is 2. The lowest BCUT2D eigenvalue weighted by atomic mass is 9.65. The highest BCUT2D eigenvalue weighted by Crippen LogP contribution is 2.57. The molecule has 1 amide bonds. The normalized spacial score (nSPS) is 31.3. The van der Waals surface area contributed by atoms with Gasteiger partial charge in [0.25, 0.3) is 34.7 Å². The highest BCUT2D eigenvalue weighted by molar-refractivity contribution is 5.87. The van der Waals surface area contributed by atoms with E-state index in [-0.39, 0.29) is 0 Å². The smallest absolute Gasteiger partial charge is 0.363 e. The quantitative estimate of drug-likeness (QED) is 0.139. The zero-order valence-corrected chi connectivity index (χ0v) is 31.1. The summed E-state index contributed by atoms with van der Waals surface area (Å²) in [7, 11) is 2.18. The molecule has 1 aliphatic carbocycles. The maximum Gasteiger partial charge on any atom is 0.363 e. The van der Waals surface area contributed by atoms with E-state index in [0.29, 0.717) is 36.4 Å². The molecule has 0 radical (unpaired) electrons. The Kier molecular flexibility index (Phi) is 14.3. The van der Waals surface area contributed by atoms with Crippen molar-refractivity contribution in [3.05, 3.63) is 35.9 Å². The number of hydrazine groups is 1. The minimum atomic E-state index is -5.87. The van der Waals surface area contributed by atoms with E-state index in [1.807, 2.05) is 13.8 Å². The third kappa shape index (κ3) is 7.56. The number of halogens is 2. The van der Waals surface area contributed by atoms with Crippen LogP contribution in [-0.2, 0) is 11.2 Å². The number of nitrogens with zero attached hydrogens (tertiary/aromatic N) is 3. The molecule has 6 atom stereocenters. The van der Waals surface area contributed by atoms with E-state index >= 15 is 0 Å². The number of carbonyl (C=O) groups excluding carboxylic acids is 1.